The minimum atomic E-state index is -0.136. The number of methoxy groups -OCH3 is 4. The van der Waals surface area contributed by atoms with E-state index in [1.165, 1.54) is 0 Å². The summed E-state index contributed by atoms with van der Waals surface area (Å²) in [5.74, 6) is 1.97. The van der Waals surface area contributed by atoms with E-state index in [2.05, 4.69) is 5.32 Å². The smallest absolute Gasteiger partial charge is 0.321 e. The molecule has 0 radical (unpaired) electrons. The van der Waals surface area contributed by atoms with Crippen molar-refractivity contribution in [1.82, 2.24) is 4.90 Å². The van der Waals surface area contributed by atoms with Gasteiger partial charge in [-0.05, 0) is 18.8 Å². The Kier molecular flexibility index (Phi) is 8.47. The van der Waals surface area contributed by atoms with Gasteiger partial charge in [0.25, 0.3) is 0 Å². The SMILES string of the molecule is COCCOCC1CCN(C(=O)Nc2cc(OC)c(OC)c(OC)c2)CC1. The van der Waals surface area contributed by atoms with Gasteiger partial charge in [-0.1, -0.05) is 0 Å². The molecule has 1 saturated heterocycles. The first-order chi connectivity index (χ1) is 13.1. The van der Waals surface area contributed by atoms with E-state index in [0.29, 0.717) is 61.8 Å². The molecule has 1 aromatic carbocycles. The van der Waals surface area contributed by atoms with Gasteiger partial charge in [-0.15, -0.1) is 0 Å². The Morgan fingerprint density at radius 2 is 1.67 bits per heavy atom. The van der Waals surface area contributed by atoms with E-state index in [1.54, 1.807) is 40.6 Å². The molecule has 2 amide bonds. The van der Waals surface area contributed by atoms with Crippen molar-refractivity contribution in [1.29, 1.82) is 0 Å². The van der Waals surface area contributed by atoms with E-state index in [1.807, 2.05) is 4.90 Å². The normalized spacial score (nSPS) is 14.7. The average molecular weight is 382 g/mol. The van der Waals surface area contributed by atoms with E-state index in [9.17, 15) is 4.79 Å². The van der Waals surface area contributed by atoms with Crippen LogP contribution in [0.1, 0.15) is 12.8 Å². The first-order valence-electron chi connectivity index (χ1n) is 9.05. The highest BCUT2D eigenvalue weighted by atomic mass is 16.5. The van der Waals surface area contributed by atoms with Gasteiger partial charge in [0.1, 0.15) is 0 Å². The van der Waals surface area contributed by atoms with E-state index in [0.717, 1.165) is 12.8 Å². The molecular weight excluding hydrogens is 352 g/mol. The van der Waals surface area contributed by atoms with Crippen LogP contribution < -0.4 is 19.5 Å². The van der Waals surface area contributed by atoms with Gasteiger partial charge in [-0.2, -0.15) is 0 Å². The minimum Gasteiger partial charge on any atom is -0.493 e. The van der Waals surface area contributed by atoms with Crippen molar-refractivity contribution in [3.05, 3.63) is 12.1 Å². The Morgan fingerprint density at radius 1 is 1.04 bits per heavy atom. The number of carbonyl (C=O) groups excluding carboxylic acids is 1. The lowest BCUT2D eigenvalue weighted by Crippen LogP contribution is -2.41. The van der Waals surface area contributed by atoms with E-state index in [-0.39, 0.29) is 6.03 Å². The summed E-state index contributed by atoms with van der Waals surface area (Å²) in [5.41, 5.74) is 0.597. The highest BCUT2D eigenvalue weighted by Crippen LogP contribution is 2.40. The molecular formula is C19H30N2O6. The van der Waals surface area contributed by atoms with Gasteiger partial charge in [0.2, 0.25) is 5.75 Å². The van der Waals surface area contributed by atoms with Crippen LogP contribution >= 0.6 is 0 Å². The highest BCUT2D eigenvalue weighted by molar-refractivity contribution is 5.90. The van der Waals surface area contributed by atoms with Crippen LogP contribution in [0, 0.1) is 5.92 Å². The highest BCUT2D eigenvalue weighted by Gasteiger charge is 2.23. The number of urea groups is 1. The molecule has 152 valence electrons. The fourth-order valence-electron chi connectivity index (χ4n) is 3.05. The number of benzene rings is 1. The van der Waals surface area contributed by atoms with Gasteiger partial charge >= 0.3 is 6.03 Å². The summed E-state index contributed by atoms with van der Waals surface area (Å²) in [6, 6.07) is 3.30. The molecule has 0 aliphatic carbocycles. The number of hydrogen-bond acceptors (Lipinski definition) is 6. The van der Waals surface area contributed by atoms with E-state index >= 15 is 0 Å². The van der Waals surface area contributed by atoms with Gasteiger partial charge in [0.15, 0.2) is 11.5 Å². The number of ether oxygens (including phenoxy) is 5. The lowest BCUT2D eigenvalue weighted by molar-refractivity contribution is 0.0386. The van der Waals surface area contributed by atoms with Crippen molar-refractivity contribution < 1.29 is 28.5 Å². The third kappa shape index (κ3) is 5.90. The number of nitrogens with one attached hydrogen (secondary N) is 1. The van der Waals surface area contributed by atoms with Crippen LogP contribution in [-0.2, 0) is 9.47 Å². The summed E-state index contributed by atoms with van der Waals surface area (Å²) >= 11 is 0. The van der Waals surface area contributed by atoms with Crippen molar-refractivity contribution in [2.75, 3.05) is 66.7 Å². The summed E-state index contributed by atoms with van der Waals surface area (Å²) in [7, 11) is 6.29. The number of hydrogen-bond donors (Lipinski definition) is 1. The van der Waals surface area contributed by atoms with Crippen molar-refractivity contribution >= 4 is 11.7 Å². The second-order valence-corrected chi connectivity index (χ2v) is 6.34. The predicted octanol–water partition coefficient (Wildman–Crippen LogP) is 2.62. The molecule has 1 aliphatic rings. The Hall–Kier alpha value is -2.19. The zero-order chi connectivity index (χ0) is 19.6. The number of nitrogens with zero attached hydrogens (tertiary/aromatic N) is 1. The lowest BCUT2D eigenvalue weighted by Gasteiger charge is -2.32. The molecule has 0 saturated carbocycles. The van der Waals surface area contributed by atoms with Crippen molar-refractivity contribution in [2.24, 2.45) is 5.92 Å². The topological polar surface area (TPSA) is 78.5 Å². The molecule has 8 nitrogen and oxygen atoms in total. The maximum Gasteiger partial charge on any atom is 0.321 e. The molecule has 0 unspecified atom stereocenters. The van der Waals surface area contributed by atoms with E-state index < -0.39 is 0 Å². The number of anilines is 1. The first kappa shape index (κ1) is 21.1. The molecule has 0 spiro atoms. The van der Waals surface area contributed by atoms with Crippen LogP contribution in [0.25, 0.3) is 0 Å². The Labute approximate surface area is 160 Å². The predicted molar refractivity (Wildman–Crippen MR) is 102 cm³/mol. The molecule has 0 bridgehead atoms. The average Bonchev–Trinajstić information content (AvgIpc) is 2.70. The van der Waals surface area contributed by atoms with Gasteiger partial charge < -0.3 is 33.9 Å². The molecule has 27 heavy (non-hydrogen) atoms. The third-order valence-electron chi connectivity index (χ3n) is 4.60. The molecule has 1 heterocycles. The summed E-state index contributed by atoms with van der Waals surface area (Å²) in [5, 5.41) is 2.91. The van der Waals surface area contributed by atoms with Gasteiger partial charge in [-0.3, -0.25) is 0 Å². The monoisotopic (exact) mass is 382 g/mol. The first-order valence-corrected chi connectivity index (χ1v) is 9.05. The van der Waals surface area contributed by atoms with Gasteiger partial charge in [0.05, 0.1) is 40.2 Å². The molecule has 0 aromatic heterocycles. The fraction of sp³-hybridized carbons (Fsp3) is 0.632. The Morgan fingerprint density at radius 3 is 2.19 bits per heavy atom. The zero-order valence-electron chi connectivity index (χ0n) is 16.6. The maximum atomic E-state index is 12.6. The number of piperidine rings is 1. The van der Waals surface area contributed by atoms with Crippen LogP contribution in [0.2, 0.25) is 0 Å². The van der Waals surface area contributed by atoms with Crippen LogP contribution in [0.15, 0.2) is 12.1 Å². The second-order valence-electron chi connectivity index (χ2n) is 6.34. The van der Waals surface area contributed by atoms with Crippen LogP contribution in [0.5, 0.6) is 17.2 Å². The van der Waals surface area contributed by atoms with Crippen molar-refractivity contribution in [3.8, 4) is 17.2 Å². The lowest BCUT2D eigenvalue weighted by atomic mass is 9.98. The van der Waals surface area contributed by atoms with Crippen LogP contribution in [0.4, 0.5) is 10.5 Å². The maximum absolute atomic E-state index is 12.6. The zero-order valence-corrected chi connectivity index (χ0v) is 16.6. The number of carbonyl (C=O) groups is 1. The molecule has 2 rings (SSSR count). The molecule has 0 atom stereocenters. The molecule has 1 aromatic rings. The largest absolute Gasteiger partial charge is 0.493 e. The number of rotatable bonds is 9. The number of likely N-dealkylation sites (tertiary alicyclic amines) is 1. The fourth-order valence-corrected chi connectivity index (χ4v) is 3.05. The Balaban J connectivity index is 1.89. The Bertz CT molecular complexity index is 577. The van der Waals surface area contributed by atoms with Gasteiger partial charge in [-0.25, -0.2) is 4.79 Å². The molecule has 1 aliphatic heterocycles. The van der Waals surface area contributed by atoms with Crippen LogP contribution in [0.3, 0.4) is 0 Å². The number of amides is 2. The molecule has 1 fully saturated rings. The summed E-state index contributed by atoms with van der Waals surface area (Å²) in [6.45, 7) is 3.34. The molecule has 8 heteroatoms. The van der Waals surface area contributed by atoms with Crippen molar-refractivity contribution in [3.63, 3.8) is 0 Å². The van der Waals surface area contributed by atoms with Gasteiger partial charge in [0, 0.05) is 38.9 Å². The summed E-state index contributed by atoms with van der Waals surface area (Å²) in [6.07, 6.45) is 1.85. The minimum absolute atomic E-state index is 0.136. The summed E-state index contributed by atoms with van der Waals surface area (Å²) < 4.78 is 26.5. The quantitative estimate of drug-likeness (QED) is 0.662. The standard InChI is InChI=1S/C19H30N2O6/c1-23-9-10-27-13-14-5-7-21(8-6-14)19(22)20-15-11-16(24-2)18(26-4)17(12-15)25-3/h11-12,14H,5-10,13H2,1-4H3,(H,20,22). The van der Waals surface area contributed by atoms with Crippen molar-refractivity contribution in [2.45, 2.75) is 12.8 Å². The van der Waals surface area contributed by atoms with E-state index in [4.69, 9.17) is 23.7 Å². The summed E-state index contributed by atoms with van der Waals surface area (Å²) in [4.78, 5) is 14.4. The third-order valence-corrected chi connectivity index (χ3v) is 4.60. The second kappa shape index (κ2) is 10.8. The van der Waals surface area contributed by atoms with Crippen LogP contribution in [-0.4, -0.2) is 72.3 Å². The molecule has 1 N–H and O–H groups in total.